The second kappa shape index (κ2) is 13.5. The van der Waals surface area contributed by atoms with Gasteiger partial charge in [-0.05, 0) is 147 Å². The molecule has 0 radical (unpaired) electrons. The van der Waals surface area contributed by atoms with E-state index in [2.05, 4.69) is 127 Å². The number of carbonyl (C=O) groups excluding carboxylic acids is 3. The van der Waals surface area contributed by atoms with E-state index in [4.69, 9.17) is 4.74 Å². The van der Waals surface area contributed by atoms with E-state index in [0.717, 1.165) is 11.4 Å². The Morgan fingerprint density at radius 3 is 1.65 bits per heavy atom. The average molecular weight is 1060 g/mol. The van der Waals surface area contributed by atoms with Crippen molar-refractivity contribution in [2.45, 2.75) is 13.8 Å². The first-order valence-corrected chi connectivity index (χ1v) is 17.8. The molecule has 0 heterocycles. The van der Waals surface area contributed by atoms with E-state index in [1.165, 1.54) is 6.92 Å². The lowest BCUT2D eigenvalue weighted by Gasteiger charge is -2.35. The van der Waals surface area contributed by atoms with Crippen molar-refractivity contribution in [2.24, 2.45) is 5.92 Å². The fourth-order valence-corrected chi connectivity index (χ4v) is 10.8. The molecule has 2 aliphatic rings. The number of halogens is 8. The molecule has 1 aromatic carbocycles. The molecule has 2 aliphatic carbocycles. The Morgan fingerprint density at radius 2 is 1.27 bits per heavy atom. The van der Waals surface area contributed by atoms with Gasteiger partial charge >= 0.3 is 5.97 Å². The van der Waals surface area contributed by atoms with Crippen LogP contribution < -0.4 is 4.90 Å². The van der Waals surface area contributed by atoms with Crippen LogP contribution in [0.15, 0.2) is 52.5 Å². The molecule has 214 valence electrons. The van der Waals surface area contributed by atoms with Crippen LogP contribution in [-0.4, -0.2) is 62.6 Å². The van der Waals surface area contributed by atoms with Gasteiger partial charge in [-0.3, -0.25) is 14.4 Å². The van der Waals surface area contributed by atoms with Crippen LogP contribution in [0.4, 0.5) is 5.69 Å². The van der Waals surface area contributed by atoms with E-state index < -0.39 is 17.7 Å². The van der Waals surface area contributed by atoms with Crippen molar-refractivity contribution in [3.8, 4) is 0 Å². The van der Waals surface area contributed by atoms with Crippen molar-refractivity contribution in [3.05, 3.63) is 58.1 Å². The van der Waals surface area contributed by atoms with Crippen LogP contribution >= 0.6 is 127 Å². The van der Waals surface area contributed by atoms with Gasteiger partial charge in [-0.25, -0.2) is 4.58 Å². The third kappa shape index (κ3) is 5.87. The number of esters is 1. The molecule has 6 nitrogen and oxygen atoms in total. The Labute approximate surface area is 299 Å². The summed E-state index contributed by atoms with van der Waals surface area (Å²) in [5, 5.41) is 0. The van der Waals surface area contributed by atoms with Crippen molar-refractivity contribution < 1.29 is 23.7 Å². The third-order valence-corrected chi connectivity index (χ3v) is 14.5. The molecule has 1 aromatic rings. The van der Waals surface area contributed by atoms with Crippen LogP contribution in [0.5, 0.6) is 0 Å². The lowest BCUT2D eigenvalue weighted by Crippen LogP contribution is -2.37. The topological polar surface area (TPSA) is 66.7 Å². The Bertz CT molecular complexity index is 1490. The lowest BCUT2D eigenvalue weighted by molar-refractivity contribution is -0.463. The monoisotopic (exact) mass is 1060 g/mol. The zero-order valence-electron chi connectivity index (χ0n) is 21.8. The maximum Gasteiger partial charge on any atom is 0.321 e. The average Bonchev–Trinajstić information content (AvgIpc) is 2.85. The predicted molar refractivity (Wildman–Crippen MR) is 188 cm³/mol. The highest BCUT2D eigenvalue weighted by Gasteiger charge is 2.49. The largest absolute Gasteiger partial charge is 0.465 e. The van der Waals surface area contributed by atoms with Gasteiger partial charge in [-0.1, -0.05) is 0 Å². The Hall–Kier alpha value is 0.300. The zero-order chi connectivity index (χ0) is 30.5. The molecule has 0 N–H and O–H groups in total. The maximum absolute atomic E-state index is 14.2. The van der Waals surface area contributed by atoms with E-state index in [1.807, 2.05) is 37.7 Å². The van der Waals surface area contributed by atoms with E-state index in [1.54, 1.807) is 6.92 Å². The summed E-state index contributed by atoms with van der Waals surface area (Å²) in [6.07, 6.45) is 0. The summed E-state index contributed by atoms with van der Waals surface area (Å²) in [6.45, 7) is 3.07. The van der Waals surface area contributed by atoms with E-state index in [9.17, 15) is 14.4 Å². The number of hydrogen-bond acceptors (Lipinski definition) is 5. The normalized spacial score (nSPS) is 16.6. The van der Waals surface area contributed by atoms with Crippen molar-refractivity contribution in [1.82, 2.24) is 0 Å². The highest BCUT2D eigenvalue weighted by molar-refractivity contribution is 9.16. The van der Waals surface area contributed by atoms with Crippen LogP contribution in [0.3, 0.4) is 0 Å². The minimum Gasteiger partial charge on any atom is -0.465 e. The first kappa shape index (κ1) is 34.8. The third-order valence-electron chi connectivity index (χ3n) is 6.09. The summed E-state index contributed by atoms with van der Waals surface area (Å²) >= 11 is 29.3. The number of allylic oxidation sites excluding steroid dienone is 7. The zero-order valence-corrected chi connectivity index (χ0v) is 34.5. The van der Waals surface area contributed by atoms with Gasteiger partial charge in [0.05, 0.1) is 21.2 Å². The molecule has 0 aliphatic heterocycles. The number of carbonyl (C=O) groups is 3. The van der Waals surface area contributed by atoms with Gasteiger partial charge in [0.2, 0.25) is 5.71 Å². The minimum absolute atomic E-state index is 0.0819. The molecule has 0 saturated carbocycles. The number of rotatable bonds is 6. The quantitative estimate of drug-likeness (QED) is 0.0937. The summed E-state index contributed by atoms with van der Waals surface area (Å²) in [7, 11) is 7.57. The van der Waals surface area contributed by atoms with Crippen LogP contribution in [0.2, 0.25) is 0 Å². The lowest BCUT2D eigenvalue weighted by atomic mass is 9.69. The first-order valence-electron chi connectivity index (χ1n) is 11.4. The second-order valence-electron chi connectivity index (χ2n) is 9.04. The molecule has 3 rings (SSSR count). The minimum atomic E-state index is -1.32. The van der Waals surface area contributed by atoms with Crippen molar-refractivity contribution >= 4 is 162 Å². The van der Waals surface area contributed by atoms with Gasteiger partial charge in [-0.2, -0.15) is 0 Å². The number of benzene rings is 1. The highest BCUT2D eigenvalue weighted by atomic mass is 79.9. The van der Waals surface area contributed by atoms with Gasteiger partial charge in [0.1, 0.15) is 34.8 Å². The summed E-state index contributed by atoms with van der Waals surface area (Å²) < 4.78 is 12.3. The molecule has 0 aromatic heterocycles. The molecule has 1 atom stereocenters. The molecule has 40 heavy (non-hydrogen) atoms. The van der Waals surface area contributed by atoms with Crippen LogP contribution in [0.25, 0.3) is 5.57 Å². The molecule has 0 saturated heterocycles. The van der Waals surface area contributed by atoms with Crippen molar-refractivity contribution in [2.75, 3.05) is 39.7 Å². The van der Waals surface area contributed by atoms with Gasteiger partial charge < -0.3 is 9.64 Å². The molecular formula is C26H21Br8N2O4+. The molecule has 14 heteroatoms. The standard InChI is InChI=1S/C26H21Br8N2O4/c1-7-40-26(39)9(8(2)37)10-11(13-15(27)19(31)23(35(3)4)20(32)16(13)28)25(38)12(10)14-17(29)21(33)24(36(5)6)22(34)18(14)30/h9H,7H2,1-6H3/q+1. The predicted octanol–water partition coefficient (Wildman–Crippen LogP) is 8.93. The number of ether oxygens (including phenoxy) is 1. The number of hydrogen-bond donors (Lipinski definition) is 0. The first-order chi connectivity index (χ1) is 18.5. The van der Waals surface area contributed by atoms with Crippen LogP contribution in [0, 0.1) is 5.92 Å². The molecule has 0 amide bonds. The van der Waals surface area contributed by atoms with E-state index >= 15 is 0 Å². The number of ketones is 2. The number of anilines is 1. The number of Topliss-reactive ketones (excluding diaryl/α,β-unsaturated/α-hetero) is 2. The second-order valence-corrected chi connectivity index (χ2v) is 15.4. The summed E-state index contributed by atoms with van der Waals surface area (Å²) in [5.74, 6) is -2.82. The highest BCUT2D eigenvalue weighted by Crippen LogP contribution is 2.56. The Morgan fingerprint density at radius 1 is 0.800 bits per heavy atom. The fourth-order valence-electron chi connectivity index (χ4n) is 4.39. The van der Waals surface area contributed by atoms with E-state index in [0.29, 0.717) is 47.0 Å². The van der Waals surface area contributed by atoms with Crippen molar-refractivity contribution in [3.63, 3.8) is 0 Å². The molecule has 0 bridgehead atoms. The molecule has 0 spiro atoms. The SMILES string of the molecule is CCOC(=O)C(C(C)=O)C1=C(c2c(Br)c(Br)c(N(C)C)c(Br)c2Br)C(=O)C1=C1C(Br)=C(Br)C(=[N+](C)C)C(Br)=C1Br. The van der Waals surface area contributed by atoms with Gasteiger partial charge in [-0.15, -0.1) is 0 Å². The van der Waals surface area contributed by atoms with Gasteiger partial charge in [0.15, 0.2) is 5.78 Å². The Kier molecular flexibility index (Phi) is 11.8. The molecule has 0 fully saturated rings. The molecule has 1 unspecified atom stereocenters. The smallest absolute Gasteiger partial charge is 0.321 e. The maximum atomic E-state index is 14.2. The van der Waals surface area contributed by atoms with E-state index in [-0.39, 0.29) is 29.1 Å². The summed E-state index contributed by atoms with van der Waals surface area (Å²) in [5.41, 5.74) is 3.40. The van der Waals surface area contributed by atoms with Crippen molar-refractivity contribution in [1.29, 1.82) is 0 Å². The fraction of sp³-hybridized carbons (Fsp3) is 0.308. The van der Waals surface area contributed by atoms with Crippen LogP contribution in [-0.2, 0) is 19.1 Å². The summed E-state index contributed by atoms with van der Waals surface area (Å²) in [4.78, 5) is 42.5. The summed E-state index contributed by atoms with van der Waals surface area (Å²) in [6, 6.07) is 0. The number of nitrogens with zero attached hydrogens (tertiary/aromatic N) is 2. The van der Waals surface area contributed by atoms with Crippen LogP contribution in [0.1, 0.15) is 19.4 Å². The molecular weight excluding hydrogens is 1040 g/mol. The van der Waals surface area contributed by atoms with Gasteiger partial charge in [0, 0.05) is 54.3 Å². The van der Waals surface area contributed by atoms with Gasteiger partial charge in [0.25, 0.3) is 0 Å². The Balaban J connectivity index is 2.58.